The third-order valence-electron chi connectivity index (χ3n) is 5.08. The van der Waals surface area contributed by atoms with Crippen LogP contribution in [0.25, 0.3) is 28.7 Å². The zero-order valence-corrected chi connectivity index (χ0v) is 19.1. The van der Waals surface area contributed by atoms with Crippen LogP contribution in [0.1, 0.15) is 21.7 Å². The summed E-state index contributed by atoms with van der Waals surface area (Å²) < 4.78 is 7.36. The molecular formula is C22H19N5NaO3. The molecule has 1 radical (unpaired) electrons. The molecule has 151 valence electrons. The first-order valence-electron chi connectivity index (χ1n) is 9.66. The molecule has 1 aliphatic heterocycles. The largest absolute Gasteiger partial charge is 0.478 e. The Morgan fingerprint density at radius 3 is 2.68 bits per heavy atom. The maximum Gasteiger partial charge on any atom is 0.336 e. The molecule has 31 heavy (non-hydrogen) atoms. The molecule has 0 amide bonds. The molecule has 0 unspecified atom stereocenters. The van der Waals surface area contributed by atoms with E-state index >= 15 is 0 Å². The Morgan fingerprint density at radius 2 is 1.87 bits per heavy atom. The molecule has 4 heterocycles. The molecule has 0 saturated carbocycles. The normalized spacial score (nSPS) is 14.3. The number of fused-ring (bicyclic) bond motifs is 2. The Bertz CT molecular complexity index is 1280. The van der Waals surface area contributed by atoms with Gasteiger partial charge in [-0.15, -0.1) is 0 Å². The first kappa shape index (κ1) is 21.5. The van der Waals surface area contributed by atoms with Crippen molar-refractivity contribution in [3.8, 4) is 0 Å². The molecule has 9 heteroatoms. The molecule has 8 nitrogen and oxygen atoms in total. The smallest absolute Gasteiger partial charge is 0.336 e. The monoisotopic (exact) mass is 424 g/mol. The van der Waals surface area contributed by atoms with Gasteiger partial charge in [0.1, 0.15) is 0 Å². The van der Waals surface area contributed by atoms with E-state index in [0.717, 1.165) is 30.2 Å². The Hall–Kier alpha value is -2.78. The summed E-state index contributed by atoms with van der Waals surface area (Å²) in [4.78, 5) is 27.6. The predicted octanol–water partition coefficient (Wildman–Crippen LogP) is 2.60. The van der Waals surface area contributed by atoms with Crippen LogP contribution in [0.5, 0.6) is 0 Å². The number of rotatable bonds is 4. The van der Waals surface area contributed by atoms with Crippen molar-refractivity contribution in [2.45, 2.75) is 0 Å². The topological polar surface area (TPSA) is 92.8 Å². The summed E-state index contributed by atoms with van der Waals surface area (Å²) >= 11 is 0. The van der Waals surface area contributed by atoms with E-state index in [2.05, 4.69) is 14.9 Å². The van der Waals surface area contributed by atoms with Crippen LogP contribution in [-0.2, 0) is 4.74 Å². The third-order valence-corrected chi connectivity index (χ3v) is 5.08. The van der Waals surface area contributed by atoms with E-state index in [0.29, 0.717) is 29.8 Å². The third kappa shape index (κ3) is 4.33. The number of carboxylic acids is 1. The van der Waals surface area contributed by atoms with Gasteiger partial charge in [0, 0.05) is 66.6 Å². The summed E-state index contributed by atoms with van der Waals surface area (Å²) in [6, 6.07) is 8.81. The SMILES string of the molecule is O=C(O)c1cc(C=Cc2cn3ccnc(N4CCOCC4)c3n2)nc2ccccc12.[Na]. The number of benzene rings is 1. The van der Waals surface area contributed by atoms with Crippen molar-refractivity contribution < 1.29 is 14.6 Å². The van der Waals surface area contributed by atoms with Gasteiger partial charge in [0.05, 0.1) is 35.7 Å². The fraction of sp³-hybridized carbons (Fsp3) is 0.182. The molecule has 1 saturated heterocycles. The molecule has 1 aliphatic rings. The number of para-hydroxylation sites is 1. The zero-order valence-electron chi connectivity index (χ0n) is 17.1. The molecule has 1 aromatic carbocycles. The van der Waals surface area contributed by atoms with Gasteiger partial charge in [0.2, 0.25) is 0 Å². The fourth-order valence-electron chi connectivity index (χ4n) is 3.63. The number of anilines is 1. The molecule has 0 spiro atoms. The van der Waals surface area contributed by atoms with Crippen LogP contribution in [0.4, 0.5) is 5.82 Å². The number of imidazole rings is 1. The first-order chi connectivity index (χ1) is 14.7. The van der Waals surface area contributed by atoms with Crippen LogP contribution >= 0.6 is 0 Å². The molecule has 1 N–H and O–H groups in total. The molecule has 0 bridgehead atoms. The molecule has 4 aromatic rings. The average molecular weight is 424 g/mol. The van der Waals surface area contributed by atoms with Crippen molar-refractivity contribution >= 4 is 70.0 Å². The van der Waals surface area contributed by atoms with E-state index in [1.807, 2.05) is 41.1 Å². The van der Waals surface area contributed by atoms with E-state index in [4.69, 9.17) is 9.72 Å². The minimum atomic E-state index is -0.975. The van der Waals surface area contributed by atoms with Crippen molar-refractivity contribution in [3.05, 3.63) is 65.9 Å². The summed E-state index contributed by atoms with van der Waals surface area (Å²) in [6.45, 7) is 2.92. The summed E-state index contributed by atoms with van der Waals surface area (Å²) in [6.07, 6.45) is 9.15. The first-order valence-corrected chi connectivity index (χ1v) is 9.66. The van der Waals surface area contributed by atoms with Crippen molar-refractivity contribution in [1.82, 2.24) is 19.4 Å². The molecular weight excluding hydrogens is 405 g/mol. The molecule has 1 fully saturated rings. The van der Waals surface area contributed by atoms with Crippen LogP contribution in [0, 0.1) is 0 Å². The minimum Gasteiger partial charge on any atom is -0.478 e. The number of carboxylic acid groups (broad SMARTS) is 1. The predicted molar refractivity (Wildman–Crippen MR) is 119 cm³/mol. The van der Waals surface area contributed by atoms with Gasteiger partial charge < -0.3 is 19.1 Å². The average Bonchev–Trinajstić information content (AvgIpc) is 3.21. The minimum absolute atomic E-state index is 0. The van der Waals surface area contributed by atoms with Crippen molar-refractivity contribution in [2.75, 3.05) is 31.2 Å². The fourth-order valence-corrected chi connectivity index (χ4v) is 3.63. The van der Waals surface area contributed by atoms with Crippen molar-refractivity contribution in [1.29, 1.82) is 0 Å². The van der Waals surface area contributed by atoms with Gasteiger partial charge in [-0.3, -0.25) is 0 Å². The van der Waals surface area contributed by atoms with Gasteiger partial charge in [-0.1, -0.05) is 18.2 Å². The van der Waals surface area contributed by atoms with Crippen molar-refractivity contribution in [2.24, 2.45) is 0 Å². The summed E-state index contributed by atoms with van der Waals surface area (Å²) in [7, 11) is 0. The number of pyridine rings is 1. The maximum atomic E-state index is 11.7. The molecule has 0 atom stereocenters. The van der Waals surface area contributed by atoms with Gasteiger partial charge in [0.25, 0.3) is 0 Å². The number of aromatic carboxylic acids is 1. The standard InChI is InChI=1S/C22H19N5O3.Na/c28-22(29)18-13-15(24-19-4-2-1-3-17(18)19)5-6-16-14-27-8-7-23-20(21(27)25-16)26-9-11-30-12-10-26;/h1-8,13-14H,9-12H2,(H,28,29);. The Labute approximate surface area is 200 Å². The number of carbonyl (C=O) groups is 1. The number of morpholine rings is 1. The van der Waals surface area contributed by atoms with Crippen LogP contribution in [-0.4, -0.2) is 86.3 Å². The summed E-state index contributed by atoms with van der Waals surface area (Å²) in [5.74, 6) is -0.144. The van der Waals surface area contributed by atoms with E-state index in [1.54, 1.807) is 24.4 Å². The number of ether oxygens (including phenoxy) is 1. The summed E-state index contributed by atoms with van der Waals surface area (Å²) in [5.41, 5.74) is 2.95. The van der Waals surface area contributed by atoms with E-state index in [1.165, 1.54) is 0 Å². The van der Waals surface area contributed by atoms with E-state index in [-0.39, 0.29) is 35.1 Å². The molecule has 5 rings (SSSR count). The van der Waals surface area contributed by atoms with Crippen LogP contribution in [0.15, 0.2) is 48.9 Å². The van der Waals surface area contributed by atoms with Gasteiger partial charge in [-0.25, -0.2) is 19.7 Å². The quantitative estimate of drug-likeness (QED) is 0.504. The van der Waals surface area contributed by atoms with E-state index in [9.17, 15) is 9.90 Å². The van der Waals surface area contributed by atoms with Gasteiger partial charge >= 0.3 is 5.97 Å². The molecule has 0 aliphatic carbocycles. The number of aromatic nitrogens is 4. The second kappa shape index (κ2) is 9.15. The van der Waals surface area contributed by atoms with Gasteiger partial charge in [-0.2, -0.15) is 0 Å². The van der Waals surface area contributed by atoms with Crippen LogP contribution < -0.4 is 4.90 Å². The number of hydrogen-bond donors (Lipinski definition) is 1. The molecule has 3 aromatic heterocycles. The number of nitrogens with zero attached hydrogens (tertiary/aromatic N) is 5. The van der Waals surface area contributed by atoms with Crippen molar-refractivity contribution in [3.63, 3.8) is 0 Å². The van der Waals surface area contributed by atoms with Crippen LogP contribution in [0.2, 0.25) is 0 Å². The second-order valence-electron chi connectivity index (χ2n) is 7.00. The second-order valence-corrected chi connectivity index (χ2v) is 7.00. The van der Waals surface area contributed by atoms with Crippen LogP contribution in [0.3, 0.4) is 0 Å². The Kier molecular flexibility index (Phi) is 6.33. The van der Waals surface area contributed by atoms with E-state index < -0.39 is 5.97 Å². The maximum absolute atomic E-state index is 11.7. The Balaban J connectivity index is 0.00000231. The van der Waals surface area contributed by atoms with Gasteiger partial charge in [-0.05, 0) is 24.3 Å². The number of hydrogen-bond acceptors (Lipinski definition) is 6. The summed E-state index contributed by atoms with van der Waals surface area (Å²) in [5, 5.41) is 10.2. The Morgan fingerprint density at radius 1 is 1.10 bits per heavy atom. The van der Waals surface area contributed by atoms with Gasteiger partial charge in [0.15, 0.2) is 11.5 Å². The zero-order chi connectivity index (χ0) is 20.5.